The van der Waals surface area contributed by atoms with E-state index < -0.39 is 12.1 Å². The number of ether oxygens (including phenoxy) is 1. The molecule has 0 amide bonds. The Bertz CT molecular complexity index is 457. The third-order valence-corrected chi connectivity index (χ3v) is 3.43. The third-order valence-electron chi connectivity index (χ3n) is 2.42. The van der Waals surface area contributed by atoms with Crippen LogP contribution in [0.25, 0.3) is 0 Å². The molecule has 0 fully saturated rings. The normalized spacial score (nSPS) is 12.5. The molecule has 108 valence electrons. The van der Waals surface area contributed by atoms with Crippen LogP contribution in [0.3, 0.4) is 0 Å². The van der Waals surface area contributed by atoms with Gasteiger partial charge in [0.05, 0.1) is 0 Å². The Labute approximate surface area is 115 Å². The van der Waals surface area contributed by atoms with Crippen LogP contribution in [-0.2, 0) is 16.1 Å². The van der Waals surface area contributed by atoms with Crippen LogP contribution in [0.15, 0.2) is 9.95 Å². The lowest BCUT2D eigenvalue weighted by molar-refractivity contribution is -0.150. The number of carbonyl (C=O) groups is 1. The fourth-order valence-corrected chi connectivity index (χ4v) is 2.53. The molecule has 1 rings (SSSR count). The maximum Gasteiger partial charge on any atom is 0.343 e. The largest absolute Gasteiger partial charge is 0.479 e. The van der Waals surface area contributed by atoms with Crippen LogP contribution in [0.1, 0.15) is 26.7 Å². The van der Waals surface area contributed by atoms with Crippen LogP contribution in [0.4, 0.5) is 0 Å². The quantitative estimate of drug-likeness (QED) is 0.657. The molecule has 0 aromatic carbocycles. The lowest BCUT2D eigenvalue weighted by Gasteiger charge is -2.11. The highest BCUT2D eigenvalue weighted by Crippen LogP contribution is 2.16. The zero-order valence-electron chi connectivity index (χ0n) is 11.1. The molecule has 0 saturated carbocycles. The summed E-state index contributed by atoms with van der Waals surface area (Å²) in [7, 11) is 0. The Hall–Kier alpha value is -1.28. The minimum Gasteiger partial charge on any atom is -0.479 e. The molecule has 1 unspecified atom stereocenters. The number of nitrogens with one attached hydrogen (secondary N) is 1. The SMILES string of the molecule is CCCn1c(SCCC(OCC)C(=O)O)n[nH]c1=O. The van der Waals surface area contributed by atoms with Crippen LogP contribution < -0.4 is 5.69 Å². The molecule has 19 heavy (non-hydrogen) atoms. The fraction of sp³-hybridized carbons (Fsp3) is 0.727. The van der Waals surface area contributed by atoms with Gasteiger partial charge >= 0.3 is 11.7 Å². The summed E-state index contributed by atoms with van der Waals surface area (Å²) in [6.45, 7) is 4.70. The first-order valence-electron chi connectivity index (χ1n) is 6.22. The van der Waals surface area contributed by atoms with Gasteiger partial charge in [-0.1, -0.05) is 18.7 Å². The van der Waals surface area contributed by atoms with Gasteiger partial charge in [0, 0.05) is 18.9 Å². The topological polar surface area (TPSA) is 97.2 Å². The average molecular weight is 289 g/mol. The van der Waals surface area contributed by atoms with Gasteiger partial charge in [-0.25, -0.2) is 14.7 Å². The molecule has 2 N–H and O–H groups in total. The van der Waals surface area contributed by atoms with Crippen LogP contribution in [0.5, 0.6) is 0 Å². The second-order valence-corrected chi connectivity index (χ2v) is 4.94. The van der Waals surface area contributed by atoms with Crippen molar-refractivity contribution in [3.8, 4) is 0 Å². The molecule has 0 aliphatic heterocycles. The number of aromatic nitrogens is 3. The fourth-order valence-electron chi connectivity index (χ4n) is 1.57. The Morgan fingerprint density at radius 2 is 2.32 bits per heavy atom. The van der Waals surface area contributed by atoms with Crippen LogP contribution in [0, 0.1) is 0 Å². The molecule has 0 aliphatic carbocycles. The van der Waals surface area contributed by atoms with Crippen molar-refractivity contribution < 1.29 is 14.6 Å². The van der Waals surface area contributed by atoms with Crippen LogP contribution in [0.2, 0.25) is 0 Å². The Balaban J connectivity index is 2.52. The highest BCUT2D eigenvalue weighted by molar-refractivity contribution is 7.99. The van der Waals surface area contributed by atoms with Crippen molar-refractivity contribution in [3.05, 3.63) is 10.5 Å². The Kier molecular flexibility index (Phi) is 6.65. The summed E-state index contributed by atoms with van der Waals surface area (Å²) >= 11 is 1.36. The minimum absolute atomic E-state index is 0.232. The summed E-state index contributed by atoms with van der Waals surface area (Å²) in [6, 6.07) is 0. The monoisotopic (exact) mass is 289 g/mol. The molecular weight excluding hydrogens is 270 g/mol. The molecule has 1 heterocycles. The van der Waals surface area contributed by atoms with E-state index in [0.717, 1.165) is 6.42 Å². The molecule has 0 spiro atoms. The van der Waals surface area contributed by atoms with E-state index in [4.69, 9.17) is 9.84 Å². The number of thioether (sulfide) groups is 1. The number of hydrogen-bond donors (Lipinski definition) is 2. The van der Waals surface area contributed by atoms with E-state index in [-0.39, 0.29) is 5.69 Å². The van der Waals surface area contributed by atoms with Crippen molar-refractivity contribution in [2.75, 3.05) is 12.4 Å². The van der Waals surface area contributed by atoms with E-state index >= 15 is 0 Å². The highest BCUT2D eigenvalue weighted by atomic mass is 32.2. The lowest BCUT2D eigenvalue weighted by atomic mass is 10.3. The van der Waals surface area contributed by atoms with E-state index in [2.05, 4.69) is 10.2 Å². The summed E-state index contributed by atoms with van der Waals surface area (Å²) in [5.74, 6) is -0.430. The van der Waals surface area contributed by atoms with Gasteiger partial charge in [0.2, 0.25) is 0 Å². The first kappa shape index (κ1) is 15.8. The smallest absolute Gasteiger partial charge is 0.343 e. The van der Waals surface area contributed by atoms with E-state index in [1.807, 2.05) is 6.92 Å². The van der Waals surface area contributed by atoms with E-state index in [1.165, 1.54) is 11.8 Å². The van der Waals surface area contributed by atoms with Crippen LogP contribution >= 0.6 is 11.8 Å². The Morgan fingerprint density at radius 1 is 1.58 bits per heavy atom. The summed E-state index contributed by atoms with van der Waals surface area (Å²) < 4.78 is 6.67. The molecule has 0 saturated heterocycles. The van der Waals surface area contributed by atoms with Gasteiger partial charge in [0.25, 0.3) is 0 Å². The second-order valence-electron chi connectivity index (χ2n) is 3.88. The number of aliphatic carboxylic acids is 1. The van der Waals surface area contributed by atoms with E-state index in [1.54, 1.807) is 11.5 Å². The molecule has 1 atom stereocenters. The molecule has 8 heteroatoms. The summed E-state index contributed by atoms with van der Waals surface area (Å²) in [5.41, 5.74) is -0.232. The number of H-pyrrole nitrogens is 1. The summed E-state index contributed by atoms with van der Waals surface area (Å²) in [6.07, 6.45) is 0.410. The molecule has 1 aromatic heterocycles. The zero-order chi connectivity index (χ0) is 14.3. The van der Waals surface area contributed by atoms with Gasteiger partial charge in [-0.2, -0.15) is 0 Å². The number of carboxylic acids is 1. The van der Waals surface area contributed by atoms with Gasteiger partial charge in [0.15, 0.2) is 11.3 Å². The number of hydrogen-bond acceptors (Lipinski definition) is 5. The summed E-state index contributed by atoms with van der Waals surface area (Å²) in [4.78, 5) is 22.3. The summed E-state index contributed by atoms with van der Waals surface area (Å²) in [5, 5.41) is 15.8. The van der Waals surface area contributed by atoms with Gasteiger partial charge in [-0.3, -0.25) is 4.57 Å². The second kappa shape index (κ2) is 8.00. The van der Waals surface area contributed by atoms with Crippen molar-refractivity contribution in [1.82, 2.24) is 14.8 Å². The zero-order valence-corrected chi connectivity index (χ0v) is 11.9. The molecule has 0 aliphatic rings. The van der Waals surface area contributed by atoms with Gasteiger partial charge in [-0.05, 0) is 19.8 Å². The van der Waals surface area contributed by atoms with Crippen molar-refractivity contribution in [2.45, 2.75) is 44.5 Å². The van der Waals surface area contributed by atoms with Crippen LogP contribution in [-0.4, -0.2) is 44.3 Å². The lowest BCUT2D eigenvalue weighted by Crippen LogP contribution is -2.24. The molecule has 7 nitrogen and oxygen atoms in total. The predicted octanol–water partition coefficient (Wildman–Crippen LogP) is 0.953. The highest BCUT2D eigenvalue weighted by Gasteiger charge is 2.17. The number of carboxylic acid groups (broad SMARTS) is 1. The Morgan fingerprint density at radius 3 is 2.89 bits per heavy atom. The van der Waals surface area contributed by atoms with Crippen molar-refractivity contribution >= 4 is 17.7 Å². The van der Waals surface area contributed by atoms with Gasteiger partial charge in [0.1, 0.15) is 0 Å². The molecular formula is C11H19N3O4S. The van der Waals surface area contributed by atoms with E-state index in [0.29, 0.717) is 30.5 Å². The molecule has 1 aromatic rings. The van der Waals surface area contributed by atoms with Crippen molar-refractivity contribution in [1.29, 1.82) is 0 Å². The maximum absolute atomic E-state index is 11.5. The van der Waals surface area contributed by atoms with Crippen molar-refractivity contribution in [3.63, 3.8) is 0 Å². The number of nitrogens with zero attached hydrogens (tertiary/aromatic N) is 2. The van der Waals surface area contributed by atoms with E-state index in [9.17, 15) is 9.59 Å². The van der Waals surface area contributed by atoms with Gasteiger partial charge in [-0.15, -0.1) is 5.10 Å². The van der Waals surface area contributed by atoms with Gasteiger partial charge < -0.3 is 9.84 Å². The number of rotatable bonds is 9. The minimum atomic E-state index is -0.963. The van der Waals surface area contributed by atoms with Crippen molar-refractivity contribution in [2.24, 2.45) is 0 Å². The third kappa shape index (κ3) is 4.71. The number of aromatic amines is 1. The molecule has 0 radical (unpaired) electrons. The standard InChI is InChI=1S/C11H19N3O4S/c1-3-6-14-10(17)12-13-11(14)19-7-5-8(9(15)16)18-4-2/h8H,3-7H2,1-2H3,(H,12,17)(H,15,16). The first-order valence-corrected chi connectivity index (χ1v) is 7.21. The predicted molar refractivity (Wildman–Crippen MR) is 71.5 cm³/mol. The average Bonchev–Trinajstić information content (AvgIpc) is 2.71. The first-order chi connectivity index (χ1) is 9.10. The maximum atomic E-state index is 11.5. The molecule has 0 bridgehead atoms.